The molecule has 1 aromatic carbocycles. The molecule has 0 radical (unpaired) electrons. The lowest BCUT2D eigenvalue weighted by Crippen LogP contribution is -2.03. The number of nitrogens with zero attached hydrogens (tertiary/aromatic N) is 1. The molecule has 0 aliphatic rings. The van der Waals surface area contributed by atoms with Gasteiger partial charge in [-0.3, -0.25) is 4.79 Å². The molecule has 4 heteroatoms. The van der Waals surface area contributed by atoms with Gasteiger partial charge in [0.15, 0.2) is 5.78 Å². The number of ketones is 1. The molecule has 0 amide bonds. The molecule has 3 nitrogen and oxygen atoms in total. The van der Waals surface area contributed by atoms with Gasteiger partial charge in [0, 0.05) is 28.2 Å². The van der Waals surface area contributed by atoms with Crippen molar-refractivity contribution in [1.29, 1.82) is 0 Å². The fourth-order valence-corrected chi connectivity index (χ4v) is 3.14. The average Bonchev–Trinajstić information content (AvgIpc) is 2.75. The topological polar surface area (TPSA) is 43.1 Å². The van der Waals surface area contributed by atoms with Crippen LogP contribution in [0.2, 0.25) is 0 Å². The van der Waals surface area contributed by atoms with Gasteiger partial charge in [0.25, 0.3) is 0 Å². The van der Waals surface area contributed by atoms with Gasteiger partial charge in [-0.25, -0.2) is 0 Å². The zero-order valence-electron chi connectivity index (χ0n) is 13.0. The molecule has 0 saturated carbocycles. The van der Waals surface area contributed by atoms with E-state index in [0.717, 1.165) is 33.2 Å². The molecule has 2 rings (SSSR count). The highest BCUT2D eigenvalue weighted by Crippen LogP contribution is 2.26. The van der Waals surface area contributed by atoms with Gasteiger partial charge >= 0.3 is 0 Å². The minimum absolute atomic E-state index is 0.215. The molecule has 0 saturated heterocycles. The molecule has 21 heavy (non-hydrogen) atoms. The van der Waals surface area contributed by atoms with Gasteiger partial charge in [0.2, 0.25) is 0 Å². The summed E-state index contributed by atoms with van der Waals surface area (Å²) in [5, 5.41) is 3.96. The molecule has 0 aliphatic carbocycles. The Balaban J connectivity index is 1.98. The monoisotopic (exact) mass is 303 g/mol. The molecule has 0 unspecified atom stereocenters. The maximum atomic E-state index is 12.0. The molecule has 0 N–H and O–H groups in total. The van der Waals surface area contributed by atoms with E-state index >= 15 is 0 Å². The van der Waals surface area contributed by atoms with Crippen LogP contribution in [0.4, 0.5) is 0 Å². The molecule has 0 atom stereocenters. The number of hydrogen-bond donors (Lipinski definition) is 0. The van der Waals surface area contributed by atoms with E-state index in [4.69, 9.17) is 4.52 Å². The first-order chi connectivity index (χ1) is 9.97. The van der Waals surface area contributed by atoms with Gasteiger partial charge in [-0.2, -0.15) is 0 Å². The van der Waals surface area contributed by atoms with Crippen LogP contribution in [0.5, 0.6) is 0 Å². The Bertz CT molecular complexity index is 595. The maximum Gasteiger partial charge on any atom is 0.163 e. The summed E-state index contributed by atoms with van der Waals surface area (Å²) in [6.07, 6.45) is 0.603. The minimum atomic E-state index is 0.215. The number of carbonyl (C=O) groups excluding carboxylic acids is 1. The van der Waals surface area contributed by atoms with Crippen molar-refractivity contribution in [2.24, 2.45) is 5.92 Å². The predicted octanol–water partition coefficient (Wildman–Crippen LogP) is 4.81. The fraction of sp³-hybridized carbons (Fsp3) is 0.412. The Morgan fingerprint density at radius 1 is 1.24 bits per heavy atom. The van der Waals surface area contributed by atoms with Crippen molar-refractivity contribution < 1.29 is 9.32 Å². The van der Waals surface area contributed by atoms with Gasteiger partial charge in [-0.05, 0) is 31.9 Å². The van der Waals surface area contributed by atoms with Crippen LogP contribution in [0.25, 0.3) is 0 Å². The molecule has 1 aromatic heterocycles. The SMILES string of the molecule is Cc1noc(C)c1CSc1ccc(C(=O)CC(C)C)cc1. The first kappa shape index (κ1) is 15.8. The number of hydrogen-bond acceptors (Lipinski definition) is 4. The summed E-state index contributed by atoms with van der Waals surface area (Å²) < 4.78 is 5.16. The Kier molecular flexibility index (Phi) is 5.23. The van der Waals surface area contributed by atoms with Crippen LogP contribution in [0.3, 0.4) is 0 Å². The summed E-state index contributed by atoms with van der Waals surface area (Å²) in [5.41, 5.74) is 2.90. The van der Waals surface area contributed by atoms with Crippen LogP contribution >= 0.6 is 11.8 Å². The number of rotatable bonds is 6. The first-order valence-corrected chi connectivity index (χ1v) is 8.13. The van der Waals surface area contributed by atoms with E-state index in [1.165, 1.54) is 0 Å². The lowest BCUT2D eigenvalue weighted by Gasteiger charge is -2.05. The van der Waals surface area contributed by atoms with E-state index in [9.17, 15) is 4.79 Å². The molecule has 1 heterocycles. The van der Waals surface area contributed by atoms with Crippen molar-refractivity contribution in [3.05, 3.63) is 46.8 Å². The Morgan fingerprint density at radius 2 is 1.90 bits per heavy atom. The molecule has 2 aromatic rings. The van der Waals surface area contributed by atoms with E-state index in [-0.39, 0.29) is 5.78 Å². The number of aromatic nitrogens is 1. The number of benzene rings is 1. The number of thioether (sulfide) groups is 1. The van der Waals surface area contributed by atoms with Crippen LogP contribution in [-0.2, 0) is 5.75 Å². The van der Waals surface area contributed by atoms with Crippen LogP contribution < -0.4 is 0 Å². The van der Waals surface area contributed by atoms with Crippen molar-refractivity contribution in [2.75, 3.05) is 0 Å². The molecule has 0 fully saturated rings. The van der Waals surface area contributed by atoms with Gasteiger partial charge in [-0.1, -0.05) is 31.1 Å². The number of Topliss-reactive ketones (excluding diaryl/α,β-unsaturated/α-hetero) is 1. The molecular formula is C17H21NO2S. The van der Waals surface area contributed by atoms with Crippen LogP contribution in [0.1, 0.15) is 47.6 Å². The lowest BCUT2D eigenvalue weighted by molar-refractivity contribution is 0.0968. The molecule has 0 bridgehead atoms. The number of carbonyl (C=O) groups is 1. The van der Waals surface area contributed by atoms with Crippen LogP contribution in [-0.4, -0.2) is 10.9 Å². The predicted molar refractivity (Wildman–Crippen MR) is 85.8 cm³/mol. The van der Waals surface area contributed by atoms with E-state index in [2.05, 4.69) is 19.0 Å². The second kappa shape index (κ2) is 6.94. The highest BCUT2D eigenvalue weighted by Gasteiger charge is 2.10. The summed E-state index contributed by atoms with van der Waals surface area (Å²) >= 11 is 1.73. The van der Waals surface area contributed by atoms with E-state index in [1.807, 2.05) is 38.1 Å². The summed E-state index contributed by atoms with van der Waals surface area (Å²) in [5.74, 6) is 2.32. The molecule has 0 spiro atoms. The average molecular weight is 303 g/mol. The Morgan fingerprint density at radius 3 is 2.43 bits per heavy atom. The number of aryl methyl sites for hydroxylation is 2. The van der Waals surface area contributed by atoms with Crippen molar-refractivity contribution in [3.63, 3.8) is 0 Å². The maximum absolute atomic E-state index is 12.0. The standard InChI is InChI=1S/C17H21NO2S/c1-11(2)9-17(19)14-5-7-15(8-6-14)21-10-16-12(3)18-20-13(16)4/h5-8,11H,9-10H2,1-4H3. The Labute approximate surface area is 130 Å². The molecule has 112 valence electrons. The zero-order valence-corrected chi connectivity index (χ0v) is 13.8. The minimum Gasteiger partial charge on any atom is -0.361 e. The van der Waals surface area contributed by atoms with Gasteiger partial charge in [0.05, 0.1) is 5.69 Å². The largest absolute Gasteiger partial charge is 0.361 e. The van der Waals surface area contributed by atoms with Gasteiger partial charge < -0.3 is 4.52 Å². The summed E-state index contributed by atoms with van der Waals surface area (Å²) in [4.78, 5) is 13.1. The smallest absolute Gasteiger partial charge is 0.163 e. The quantitative estimate of drug-likeness (QED) is 0.567. The molecule has 0 aliphatic heterocycles. The summed E-state index contributed by atoms with van der Waals surface area (Å²) in [7, 11) is 0. The van der Waals surface area contributed by atoms with Crippen molar-refractivity contribution in [1.82, 2.24) is 5.16 Å². The zero-order chi connectivity index (χ0) is 15.4. The second-order valence-electron chi connectivity index (χ2n) is 5.64. The highest BCUT2D eigenvalue weighted by atomic mass is 32.2. The van der Waals surface area contributed by atoms with Crippen molar-refractivity contribution >= 4 is 17.5 Å². The van der Waals surface area contributed by atoms with Crippen LogP contribution in [0.15, 0.2) is 33.7 Å². The second-order valence-corrected chi connectivity index (χ2v) is 6.69. The van der Waals surface area contributed by atoms with Crippen molar-refractivity contribution in [3.8, 4) is 0 Å². The molecular weight excluding hydrogens is 282 g/mol. The van der Waals surface area contributed by atoms with E-state index < -0.39 is 0 Å². The Hall–Kier alpha value is -1.55. The lowest BCUT2D eigenvalue weighted by atomic mass is 10.0. The summed E-state index contributed by atoms with van der Waals surface area (Å²) in [6.45, 7) is 8.02. The van der Waals surface area contributed by atoms with E-state index in [1.54, 1.807) is 11.8 Å². The normalized spacial score (nSPS) is 11.1. The third kappa shape index (κ3) is 4.21. The van der Waals surface area contributed by atoms with E-state index in [0.29, 0.717) is 12.3 Å². The first-order valence-electron chi connectivity index (χ1n) is 7.15. The highest BCUT2D eigenvalue weighted by molar-refractivity contribution is 7.98. The van der Waals surface area contributed by atoms with Gasteiger partial charge in [-0.15, -0.1) is 11.8 Å². The third-order valence-electron chi connectivity index (χ3n) is 3.33. The summed E-state index contributed by atoms with van der Waals surface area (Å²) in [6, 6.07) is 7.85. The fourth-order valence-electron chi connectivity index (χ4n) is 2.09. The van der Waals surface area contributed by atoms with Crippen LogP contribution in [0, 0.1) is 19.8 Å². The van der Waals surface area contributed by atoms with Crippen molar-refractivity contribution in [2.45, 2.75) is 44.8 Å². The third-order valence-corrected chi connectivity index (χ3v) is 4.37. The van der Waals surface area contributed by atoms with Gasteiger partial charge in [0.1, 0.15) is 5.76 Å².